The third-order valence-electron chi connectivity index (χ3n) is 2.63. The van der Waals surface area contributed by atoms with E-state index in [1.807, 2.05) is 6.92 Å². The van der Waals surface area contributed by atoms with Gasteiger partial charge in [-0.05, 0) is 11.8 Å². The molecule has 0 aromatic heterocycles. The number of oxime groups is 1. The average molecular weight is 201 g/mol. The lowest BCUT2D eigenvalue weighted by Gasteiger charge is -2.23. The highest BCUT2D eigenvalue weighted by atomic mass is 16.4. The molecule has 0 fully saturated rings. The lowest BCUT2D eigenvalue weighted by atomic mass is 9.90. The van der Waals surface area contributed by atoms with E-state index in [0.29, 0.717) is 5.41 Å². The van der Waals surface area contributed by atoms with Gasteiger partial charge in [0.15, 0.2) is 0 Å². The summed E-state index contributed by atoms with van der Waals surface area (Å²) in [6, 6.07) is 0. The van der Waals surface area contributed by atoms with Gasteiger partial charge < -0.3 is 16.3 Å². The van der Waals surface area contributed by atoms with Gasteiger partial charge in [-0.1, -0.05) is 32.9 Å². The minimum absolute atomic E-state index is 0.0765. The Morgan fingerprint density at radius 2 is 2.14 bits per heavy atom. The van der Waals surface area contributed by atoms with Crippen molar-refractivity contribution in [2.45, 2.75) is 34.1 Å². The Hall–Kier alpha value is -0.770. The second-order valence-corrected chi connectivity index (χ2v) is 4.57. The van der Waals surface area contributed by atoms with Crippen molar-refractivity contribution >= 4 is 5.84 Å². The predicted molar refractivity (Wildman–Crippen MR) is 59.5 cm³/mol. The van der Waals surface area contributed by atoms with Crippen LogP contribution in [0.3, 0.4) is 0 Å². The summed E-state index contributed by atoms with van der Waals surface area (Å²) in [4.78, 5) is 0. The molecule has 0 saturated heterocycles. The molecular weight excluding hydrogens is 178 g/mol. The number of hydrogen-bond donors (Lipinski definition) is 3. The second kappa shape index (κ2) is 5.86. The Kier molecular flexibility index (Phi) is 5.53. The first-order valence-electron chi connectivity index (χ1n) is 5.11. The number of nitrogens with two attached hydrogens (primary N) is 1. The maximum atomic E-state index is 8.45. The summed E-state index contributed by atoms with van der Waals surface area (Å²) >= 11 is 0. The highest BCUT2D eigenvalue weighted by Crippen LogP contribution is 2.17. The van der Waals surface area contributed by atoms with E-state index in [-0.39, 0.29) is 11.8 Å². The fraction of sp³-hybridized carbons (Fsp3) is 0.900. The topological polar surface area (TPSA) is 70.6 Å². The van der Waals surface area contributed by atoms with E-state index in [0.717, 1.165) is 19.5 Å². The standard InChI is InChI=1S/C10H23N3O/c1-5-10(3,4)7-12-6-8(2)9(11)13-14/h8,12,14H,5-7H2,1-4H3,(H2,11,13). The van der Waals surface area contributed by atoms with Gasteiger partial charge >= 0.3 is 0 Å². The van der Waals surface area contributed by atoms with Gasteiger partial charge in [0.25, 0.3) is 0 Å². The molecular formula is C10H23N3O. The molecule has 0 bridgehead atoms. The minimum atomic E-state index is 0.0765. The van der Waals surface area contributed by atoms with Gasteiger partial charge in [0, 0.05) is 19.0 Å². The molecule has 0 heterocycles. The zero-order chi connectivity index (χ0) is 11.2. The summed E-state index contributed by atoms with van der Waals surface area (Å²) in [6.45, 7) is 10.2. The summed E-state index contributed by atoms with van der Waals surface area (Å²) < 4.78 is 0. The molecule has 4 N–H and O–H groups in total. The molecule has 84 valence electrons. The summed E-state index contributed by atoms with van der Waals surface area (Å²) in [5.74, 6) is 0.361. The van der Waals surface area contributed by atoms with E-state index in [4.69, 9.17) is 10.9 Å². The molecule has 14 heavy (non-hydrogen) atoms. The number of nitrogens with zero attached hydrogens (tertiary/aromatic N) is 1. The third-order valence-corrected chi connectivity index (χ3v) is 2.63. The summed E-state index contributed by atoms with van der Waals surface area (Å²) in [6.07, 6.45) is 1.14. The fourth-order valence-electron chi connectivity index (χ4n) is 0.955. The largest absolute Gasteiger partial charge is 0.409 e. The van der Waals surface area contributed by atoms with Gasteiger partial charge in [-0.15, -0.1) is 0 Å². The molecule has 0 amide bonds. The first kappa shape index (κ1) is 13.2. The molecule has 0 saturated carbocycles. The van der Waals surface area contributed by atoms with Gasteiger partial charge in [-0.25, -0.2) is 0 Å². The van der Waals surface area contributed by atoms with E-state index < -0.39 is 0 Å². The minimum Gasteiger partial charge on any atom is -0.409 e. The Labute approximate surface area is 86.6 Å². The summed E-state index contributed by atoms with van der Waals surface area (Å²) in [7, 11) is 0. The van der Waals surface area contributed by atoms with Crippen LogP contribution in [0.4, 0.5) is 0 Å². The Morgan fingerprint density at radius 3 is 2.57 bits per heavy atom. The maximum absolute atomic E-state index is 8.45. The van der Waals surface area contributed by atoms with Crippen LogP contribution in [0.5, 0.6) is 0 Å². The first-order chi connectivity index (χ1) is 6.43. The molecule has 1 unspecified atom stereocenters. The Morgan fingerprint density at radius 1 is 1.57 bits per heavy atom. The SMILES string of the molecule is CCC(C)(C)CNCC(C)C(N)=NO. The van der Waals surface area contributed by atoms with Crippen LogP contribution in [0.1, 0.15) is 34.1 Å². The lowest BCUT2D eigenvalue weighted by molar-refractivity contribution is 0.309. The molecule has 1 atom stereocenters. The van der Waals surface area contributed by atoms with E-state index in [2.05, 4.69) is 31.2 Å². The molecule has 0 aliphatic carbocycles. The van der Waals surface area contributed by atoms with Crippen LogP contribution >= 0.6 is 0 Å². The van der Waals surface area contributed by atoms with Crippen LogP contribution in [-0.4, -0.2) is 24.1 Å². The maximum Gasteiger partial charge on any atom is 0.143 e. The van der Waals surface area contributed by atoms with Crippen LogP contribution in [0.2, 0.25) is 0 Å². The zero-order valence-corrected chi connectivity index (χ0v) is 9.67. The first-order valence-corrected chi connectivity index (χ1v) is 5.11. The van der Waals surface area contributed by atoms with Gasteiger partial charge in [0.05, 0.1) is 0 Å². The second-order valence-electron chi connectivity index (χ2n) is 4.57. The van der Waals surface area contributed by atoms with Crippen molar-refractivity contribution in [2.24, 2.45) is 22.2 Å². The third kappa shape index (κ3) is 5.07. The van der Waals surface area contributed by atoms with Crippen molar-refractivity contribution < 1.29 is 5.21 Å². The van der Waals surface area contributed by atoms with Crippen molar-refractivity contribution in [3.63, 3.8) is 0 Å². The molecule has 0 aromatic rings. The van der Waals surface area contributed by atoms with E-state index in [1.165, 1.54) is 0 Å². The van der Waals surface area contributed by atoms with Gasteiger partial charge in [-0.2, -0.15) is 0 Å². The predicted octanol–water partition coefficient (Wildman–Crippen LogP) is 1.39. The summed E-state index contributed by atoms with van der Waals surface area (Å²) in [5.41, 5.74) is 5.77. The highest BCUT2D eigenvalue weighted by Gasteiger charge is 2.15. The van der Waals surface area contributed by atoms with Crippen LogP contribution in [0.25, 0.3) is 0 Å². The molecule has 0 radical (unpaired) electrons. The average Bonchev–Trinajstić information content (AvgIpc) is 2.16. The highest BCUT2D eigenvalue weighted by molar-refractivity contribution is 5.82. The van der Waals surface area contributed by atoms with E-state index in [1.54, 1.807) is 0 Å². The van der Waals surface area contributed by atoms with Gasteiger partial charge in [-0.3, -0.25) is 0 Å². The number of hydrogen-bond acceptors (Lipinski definition) is 3. The Bertz CT molecular complexity index is 190. The van der Waals surface area contributed by atoms with Crippen LogP contribution in [0, 0.1) is 11.3 Å². The Balaban J connectivity index is 3.75. The van der Waals surface area contributed by atoms with E-state index in [9.17, 15) is 0 Å². The monoisotopic (exact) mass is 201 g/mol. The molecule has 0 aliphatic heterocycles. The smallest absolute Gasteiger partial charge is 0.143 e. The normalized spacial score (nSPS) is 15.6. The molecule has 4 nitrogen and oxygen atoms in total. The molecule has 0 rings (SSSR count). The van der Waals surface area contributed by atoms with Crippen molar-refractivity contribution in [2.75, 3.05) is 13.1 Å². The quantitative estimate of drug-likeness (QED) is 0.263. The lowest BCUT2D eigenvalue weighted by Crippen LogP contribution is -2.36. The van der Waals surface area contributed by atoms with Crippen molar-refractivity contribution in [3.8, 4) is 0 Å². The number of nitrogens with one attached hydrogen (secondary N) is 1. The van der Waals surface area contributed by atoms with Crippen LogP contribution in [-0.2, 0) is 0 Å². The van der Waals surface area contributed by atoms with Crippen molar-refractivity contribution in [1.82, 2.24) is 5.32 Å². The fourth-order valence-corrected chi connectivity index (χ4v) is 0.955. The van der Waals surface area contributed by atoms with Crippen molar-refractivity contribution in [1.29, 1.82) is 0 Å². The van der Waals surface area contributed by atoms with Crippen molar-refractivity contribution in [3.05, 3.63) is 0 Å². The van der Waals surface area contributed by atoms with Gasteiger partial charge in [0.2, 0.25) is 0 Å². The molecule has 0 spiro atoms. The van der Waals surface area contributed by atoms with E-state index >= 15 is 0 Å². The zero-order valence-electron chi connectivity index (χ0n) is 9.67. The van der Waals surface area contributed by atoms with Gasteiger partial charge in [0.1, 0.15) is 5.84 Å². The summed E-state index contributed by atoms with van der Waals surface area (Å²) in [5, 5.41) is 14.7. The molecule has 0 aromatic carbocycles. The molecule has 0 aliphatic rings. The van der Waals surface area contributed by atoms with Crippen LogP contribution < -0.4 is 11.1 Å². The number of amidine groups is 1. The molecule has 4 heteroatoms. The van der Waals surface area contributed by atoms with Crippen LogP contribution in [0.15, 0.2) is 5.16 Å². The number of rotatable bonds is 6.